The number of halogens is 1. The van der Waals surface area contributed by atoms with Gasteiger partial charge in [0.1, 0.15) is 22.3 Å². The summed E-state index contributed by atoms with van der Waals surface area (Å²) in [6, 6.07) is 151. The molecule has 0 bridgehead atoms. The Balaban J connectivity index is 0.000000127. The van der Waals surface area contributed by atoms with Gasteiger partial charge in [0, 0.05) is 65.3 Å². The van der Waals surface area contributed by atoms with Crippen molar-refractivity contribution in [2.75, 3.05) is 10.2 Å². The van der Waals surface area contributed by atoms with E-state index in [-0.39, 0.29) is 0 Å². The molecule has 1 N–H and O–H groups in total. The van der Waals surface area contributed by atoms with Gasteiger partial charge < -0.3 is 19.1 Å². The standard InChI is InChI=1S/C54H35NO.C40H27NO.C14H9Br/c1-3-14-44-38(11-1)13-9-19-45(44)39-25-23-36(24-26-39)37-27-31-42(32-28-37)55(52-35-41-12-2-4-15-46(41)48-16-5-6-17-49(48)52)43-33-29-40(30-34-43)47-20-10-21-51-50-18-7-8-22-53(50)56-54(47)51;1-2-9-34-29(7-1)8-5-11-35(34)30-17-15-27(16-18-30)28-19-23-32(24-20-28)41-33-25-21-31(22-26-33)36-12-6-13-38-37-10-3-4-14-39(37)42-40(36)38;15-14-9-10-5-1-2-6-11(10)12-7-3-4-8-13(12)14/h1-35H;1-26,41H;1-9H. The number of fused-ring (bicyclic) bond motifs is 14. The van der Waals surface area contributed by atoms with Gasteiger partial charge >= 0.3 is 0 Å². The van der Waals surface area contributed by atoms with Crippen molar-refractivity contribution in [3.63, 3.8) is 0 Å². The first-order chi connectivity index (χ1) is 55.9. The molecule has 22 rings (SSSR count). The van der Waals surface area contributed by atoms with Gasteiger partial charge in [-0.15, -0.1) is 0 Å². The van der Waals surface area contributed by atoms with Crippen LogP contribution in [0.2, 0.25) is 0 Å². The average molecular weight is 1510 g/mol. The highest BCUT2D eigenvalue weighted by molar-refractivity contribution is 9.10. The Hall–Kier alpha value is -14.4. The number of benzene rings is 20. The van der Waals surface area contributed by atoms with Crippen molar-refractivity contribution in [2.24, 2.45) is 0 Å². The summed E-state index contributed by atoms with van der Waals surface area (Å²) in [4.78, 5) is 2.40. The molecule has 0 aliphatic rings. The molecule has 0 saturated heterocycles. The topological polar surface area (TPSA) is 41.6 Å². The van der Waals surface area contributed by atoms with Crippen LogP contribution in [-0.4, -0.2) is 0 Å². The molecule has 0 spiro atoms. The number of rotatable bonds is 11. The van der Waals surface area contributed by atoms with Crippen LogP contribution in [0.3, 0.4) is 0 Å². The summed E-state index contributed by atoms with van der Waals surface area (Å²) in [5, 5.41) is 23.3. The lowest BCUT2D eigenvalue weighted by molar-refractivity contribution is 0.669. The third-order valence-corrected chi connectivity index (χ3v) is 22.7. The van der Waals surface area contributed by atoms with Crippen LogP contribution in [0.5, 0.6) is 0 Å². The van der Waals surface area contributed by atoms with Crippen molar-refractivity contribution < 1.29 is 8.83 Å². The van der Waals surface area contributed by atoms with Crippen molar-refractivity contribution in [1.82, 2.24) is 0 Å². The van der Waals surface area contributed by atoms with E-state index in [1.807, 2.05) is 24.3 Å². The highest BCUT2D eigenvalue weighted by Gasteiger charge is 2.21. The van der Waals surface area contributed by atoms with Gasteiger partial charge in [0.25, 0.3) is 0 Å². The normalized spacial score (nSPS) is 11.4. The van der Waals surface area contributed by atoms with Crippen LogP contribution in [-0.2, 0) is 0 Å². The van der Waals surface area contributed by atoms with Gasteiger partial charge in [-0.3, -0.25) is 0 Å². The number of nitrogens with one attached hydrogen (secondary N) is 1. The van der Waals surface area contributed by atoms with E-state index in [0.717, 1.165) is 99.0 Å². The molecule has 0 unspecified atom stereocenters. The Kier molecular flexibility index (Phi) is 17.8. The molecule has 0 amide bonds. The Morgan fingerprint density at radius 3 is 0.965 bits per heavy atom. The van der Waals surface area contributed by atoms with Crippen molar-refractivity contribution in [2.45, 2.75) is 0 Å². The van der Waals surface area contributed by atoms with E-state index in [1.165, 1.54) is 109 Å². The van der Waals surface area contributed by atoms with Crippen LogP contribution in [0.15, 0.2) is 438 Å². The molecule has 20 aromatic carbocycles. The molecule has 22 aromatic rings. The summed E-state index contributed by atoms with van der Waals surface area (Å²) >= 11 is 3.62. The van der Waals surface area contributed by atoms with Crippen LogP contribution < -0.4 is 10.2 Å². The van der Waals surface area contributed by atoms with Gasteiger partial charge in [-0.25, -0.2) is 0 Å². The molecule has 0 atom stereocenters. The summed E-state index contributed by atoms with van der Waals surface area (Å²) in [5.41, 5.74) is 23.2. The Morgan fingerprint density at radius 2 is 0.496 bits per heavy atom. The van der Waals surface area contributed by atoms with Crippen LogP contribution in [0.4, 0.5) is 28.4 Å². The van der Waals surface area contributed by atoms with Crippen LogP contribution in [0.25, 0.3) is 175 Å². The fourth-order valence-electron chi connectivity index (χ4n) is 16.5. The quantitative estimate of drug-likeness (QED) is 0.131. The Morgan fingerprint density at radius 1 is 0.204 bits per heavy atom. The number of nitrogens with zero attached hydrogens (tertiary/aromatic N) is 1. The minimum atomic E-state index is 0.908. The van der Waals surface area contributed by atoms with Crippen LogP contribution in [0, 0.1) is 0 Å². The van der Waals surface area contributed by atoms with Crippen LogP contribution in [0.1, 0.15) is 0 Å². The second-order valence-electron chi connectivity index (χ2n) is 28.8. The summed E-state index contributed by atoms with van der Waals surface area (Å²) in [5.74, 6) is 0. The smallest absolute Gasteiger partial charge is 0.143 e. The van der Waals surface area contributed by atoms with Gasteiger partial charge in [0.05, 0.1) is 5.69 Å². The van der Waals surface area contributed by atoms with Crippen molar-refractivity contribution in [3.05, 3.63) is 429 Å². The predicted octanol–water partition coefficient (Wildman–Crippen LogP) is 31.8. The number of hydrogen-bond acceptors (Lipinski definition) is 4. The molecule has 5 heteroatoms. The van der Waals surface area contributed by atoms with E-state index in [9.17, 15) is 0 Å². The monoisotopic (exact) mass is 1510 g/mol. The number of hydrogen-bond donors (Lipinski definition) is 1. The SMILES string of the molecule is Brc1cc2ccccc2c2ccccc12.c1ccc2c(-c3ccc(-c4ccc(N(c5ccc(-c6cccc7c6oc6ccccc67)cc5)c5cc6ccccc6c6ccccc56)cc4)cc3)cccc2c1.c1ccc2c(-c3ccc(-c4ccc(Nc5ccc(-c6cccc7c6oc6ccccc67)cc5)cc4)cc3)cccc2c1. The average Bonchev–Trinajstić information content (AvgIpc) is 1.61. The minimum Gasteiger partial charge on any atom is -0.455 e. The number of para-hydroxylation sites is 4. The summed E-state index contributed by atoms with van der Waals surface area (Å²) in [6.07, 6.45) is 0. The van der Waals surface area contributed by atoms with Crippen molar-refractivity contribution >= 4 is 153 Å². The highest BCUT2D eigenvalue weighted by atomic mass is 79.9. The maximum Gasteiger partial charge on any atom is 0.143 e. The molecule has 4 nitrogen and oxygen atoms in total. The lowest BCUT2D eigenvalue weighted by atomic mass is 9.96. The van der Waals surface area contributed by atoms with Gasteiger partial charge in [0.15, 0.2) is 0 Å². The van der Waals surface area contributed by atoms with Gasteiger partial charge in [-0.05, 0) is 188 Å². The van der Waals surface area contributed by atoms with Gasteiger partial charge in [0.2, 0.25) is 0 Å². The van der Waals surface area contributed by atoms with E-state index in [4.69, 9.17) is 8.83 Å². The van der Waals surface area contributed by atoms with E-state index in [2.05, 4.69) is 427 Å². The molecule has 2 aromatic heterocycles. The van der Waals surface area contributed by atoms with Crippen LogP contribution >= 0.6 is 15.9 Å². The fourth-order valence-corrected chi connectivity index (χ4v) is 17.1. The van der Waals surface area contributed by atoms with E-state index >= 15 is 0 Å². The largest absolute Gasteiger partial charge is 0.455 e. The second kappa shape index (κ2) is 29.6. The summed E-state index contributed by atoms with van der Waals surface area (Å²) in [6.45, 7) is 0. The van der Waals surface area contributed by atoms with E-state index < -0.39 is 0 Å². The molecular weight excluding hydrogens is 1440 g/mol. The highest BCUT2D eigenvalue weighted by Crippen LogP contribution is 2.46. The van der Waals surface area contributed by atoms with E-state index in [1.54, 1.807) is 0 Å². The van der Waals surface area contributed by atoms with E-state index in [0.29, 0.717) is 0 Å². The number of furan rings is 2. The first-order valence-electron chi connectivity index (χ1n) is 38.4. The first-order valence-corrected chi connectivity index (χ1v) is 39.1. The second-order valence-corrected chi connectivity index (χ2v) is 29.6. The molecule has 2 heterocycles. The zero-order chi connectivity index (χ0) is 75.1. The molecule has 0 fully saturated rings. The third kappa shape index (κ3) is 13.0. The third-order valence-electron chi connectivity index (χ3n) is 22.1. The molecule has 0 saturated carbocycles. The lowest BCUT2D eigenvalue weighted by Crippen LogP contribution is -2.10. The van der Waals surface area contributed by atoms with Crippen molar-refractivity contribution in [3.8, 4) is 66.8 Å². The van der Waals surface area contributed by atoms with Gasteiger partial charge in [-0.1, -0.05) is 368 Å². The maximum atomic E-state index is 6.43. The van der Waals surface area contributed by atoms with Gasteiger partial charge in [-0.2, -0.15) is 0 Å². The fraction of sp³-hybridized carbons (Fsp3) is 0. The molecule has 0 aliphatic carbocycles. The van der Waals surface area contributed by atoms with Crippen molar-refractivity contribution in [1.29, 1.82) is 0 Å². The Labute approximate surface area is 663 Å². The zero-order valence-electron chi connectivity index (χ0n) is 61.6. The molecule has 0 radical (unpaired) electrons. The minimum absolute atomic E-state index is 0.908. The predicted molar refractivity (Wildman–Crippen MR) is 484 cm³/mol. The first kappa shape index (κ1) is 68.0. The molecule has 532 valence electrons. The lowest BCUT2D eigenvalue weighted by Gasteiger charge is -2.28. The number of anilines is 5. The molecule has 0 aliphatic heterocycles. The maximum absolute atomic E-state index is 6.43. The zero-order valence-corrected chi connectivity index (χ0v) is 63.1. The molecular formula is C108H71BrN2O2. The Bertz CT molecular complexity index is 7300. The molecule has 113 heavy (non-hydrogen) atoms. The summed E-state index contributed by atoms with van der Waals surface area (Å²) in [7, 11) is 0. The summed E-state index contributed by atoms with van der Waals surface area (Å²) < 4.78 is 13.8.